The third kappa shape index (κ3) is 4.14. The number of rotatable bonds is 4. The molecular weight excluding hydrogens is 308 g/mol. The second-order valence-electron chi connectivity index (χ2n) is 5.59. The first kappa shape index (κ1) is 15.6. The summed E-state index contributed by atoms with van der Waals surface area (Å²) in [4.78, 5) is 14.5. The van der Waals surface area contributed by atoms with Gasteiger partial charge in [0.05, 0.1) is 11.4 Å². The number of carbonyl (C=O) groups is 1. The molecule has 2 aromatic rings. The predicted octanol–water partition coefficient (Wildman–Crippen LogP) is 4.59. The van der Waals surface area contributed by atoms with Crippen LogP contribution >= 0.6 is 11.6 Å². The summed E-state index contributed by atoms with van der Waals surface area (Å²) in [5.41, 5.74) is 2.90. The number of carbonyl (C=O) groups excluding carboxylic acids is 1. The fourth-order valence-corrected chi connectivity index (χ4v) is 2.86. The quantitative estimate of drug-likeness (QED) is 0.833. The van der Waals surface area contributed by atoms with E-state index >= 15 is 0 Å². The van der Waals surface area contributed by atoms with Gasteiger partial charge >= 0.3 is 0 Å². The van der Waals surface area contributed by atoms with Crippen molar-refractivity contribution in [3.8, 4) is 0 Å². The van der Waals surface area contributed by atoms with Crippen molar-refractivity contribution in [2.75, 3.05) is 23.3 Å². The summed E-state index contributed by atoms with van der Waals surface area (Å²) in [5.74, 6) is -0.133. The van der Waals surface area contributed by atoms with Gasteiger partial charge in [-0.25, -0.2) is 0 Å². The average molecular weight is 327 g/mol. The molecule has 1 heterocycles. The Morgan fingerprint density at radius 3 is 2.48 bits per heavy atom. The van der Waals surface area contributed by atoms with Crippen LogP contribution in [0, 0.1) is 0 Å². The molecule has 0 radical (unpaired) electrons. The maximum absolute atomic E-state index is 12.2. The molecule has 2 aromatic carbocycles. The summed E-state index contributed by atoms with van der Waals surface area (Å²) >= 11 is 5.85. The minimum Gasteiger partial charge on any atom is -0.370 e. The summed E-state index contributed by atoms with van der Waals surface area (Å²) in [6.07, 6.45) is 5.74. The number of hydrogen-bond acceptors (Lipinski definition) is 2. The van der Waals surface area contributed by atoms with Gasteiger partial charge in [0.15, 0.2) is 0 Å². The smallest absolute Gasteiger partial charge is 0.248 e. The van der Waals surface area contributed by atoms with Crippen molar-refractivity contribution in [1.82, 2.24) is 0 Å². The lowest BCUT2D eigenvalue weighted by Crippen LogP contribution is -2.20. The molecule has 0 bridgehead atoms. The van der Waals surface area contributed by atoms with Crippen molar-refractivity contribution >= 4 is 35.0 Å². The zero-order chi connectivity index (χ0) is 16.1. The van der Waals surface area contributed by atoms with Gasteiger partial charge in [0.1, 0.15) is 0 Å². The molecule has 0 saturated carbocycles. The Hall–Kier alpha value is -2.26. The third-order valence-electron chi connectivity index (χ3n) is 3.91. The molecule has 1 aliphatic heterocycles. The number of nitrogens with zero attached hydrogens (tertiary/aromatic N) is 1. The van der Waals surface area contributed by atoms with E-state index < -0.39 is 0 Å². The normalized spacial score (nSPS) is 14.4. The molecule has 0 atom stereocenters. The van der Waals surface area contributed by atoms with E-state index in [4.69, 9.17) is 11.6 Å². The Bertz CT molecular complexity index is 704. The number of benzene rings is 2. The molecule has 0 aromatic heterocycles. The molecule has 0 spiro atoms. The van der Waals surface area contributed by atoms with E-state index in [1.807, 2.05) is 42.5 Å². The van der Waals surface area contributed by atoms with Gasteiger partial charge in [-0.3, -0.25) is 4.79 Å². The maximum atomic E-state index is 12.2. The van der Waals surface area contributed by atoms with Gasteiger partial charge in [-0.2, -0.15) is 0 Å². The Labute approximate surface area is 141 Å². The van der Waals surface area contributed by atoms with Crippen molar-refractivity contribution in [2.24, 2.45) is 0 Å². The van der Waals surface area contributed by atoms with Gasteiger partial charge < -0.3 is 10.2 Å². The van der Waals surface area contributed by atoms with Crippen molar-refractivity contribution in [3.05, 3.63) is 65.2 Å². The van der Waals surface area contributed by atoms with Crippen LogP contribution in [0.1, 0.15) is 18.4 Å². The van der Waals surface area contributed by atoms with Crippen molar-refractivity contribution in [3.63, 3.8) is 0 Å². The molecular formula is C19H19ClN2O. The van der Waals surface area contributed by atoms with E-state index in [0.717, 1.165) is 30.0 Å². The first-order valence-electron chi connectivity index (χ1n) is 7.81. The van der Waals surface area contributed by atoms with Gasteiger partial charge in [0, 0.05) is 24.2 Å². The monoisotopic (exact) mass is 326 g/mol. The predicted molar refractivity (Wildman–Crippen MR) is 97.0 cm³/mol. The van der Waals surface area contributed by atoms with Crippen LogP contribution < -0.4 is 10.2 Å². The van der Waals surface area contributed by atoms with E-state index in [-0.39, 0.29) is 5.91 Å². The Kier molecular flexibility index (Phi) is 4.99. The molecule has 1 aliphatic rings. The molecule has 1 fully saturated rings. The summed E-state index contributed by atoms with van der Waals surface area (Å²) in [6, 6.07) is 15.3. The lowest BCUT2D eigenvalue weighted by atomic mass is 10.2. The summed E-state index contributed by atoms with van der Waals surface area (Å²) in [6.45, 7) is 2.10. The molecule has 1 N–H and O–H groups in total. The van der Waals surface area contributed by atoms with Gasteiger partial charge in [-0.05, 0) is 48.7 Å². The average Bonchev–Trinajstić information content (AvgIpc) is 3.09. The summed E-state index contributed by atoms with van der Waals surface area (Å²) < 4.78 is 0. The maximum Gasteiger partial charge on any atom is 0.248 e. The first-order chi connectivity index (χ1) is 11.2. The summed E-state index contributed by atoms with van der Waals surface area (Å²) in [5, 5.41) is 3.66. The molecule has 3 rings (SSSR count). The van der Waals surface area contributed by atoms with E-state index in [9.17, 15) is 4.79 Å². The van der Waals surface area contributed by atoms with Crippen LogP contribution in [0.25, 0.3) is 6.08 Å². The molecule has 4 heteroatoms. The number of halogens is 1. The van der Waals surface area contributed by atoms with E-state index in [2.05, 4.69) is 16.3 Å². The van der Waals surface area contributed by atoms with Gasteiger partial charge in [0.25, 0.3) is 0 Å². The highest BCUT2D eigenvalue weighted by atomic mass is 35.5. The fraction of sp³-hybridized carbons (Fsp3) is 0.211. The zero-order valence-electron chi connectivity index (χ0n) is 12.8. The number of anilines is 2. The highest BCUT2D eigenvalue weighted by molar-refractivity contribution is 6.30. The van der Waals surface area contributed by atoms with Crippen LogP contribution in [0.5, 0.6) is 0 Å². The molecule has 3 nitrogen and oxygen atoms in total. The largest absolute Gasteiger partial charge is 0.370 e. The molecule has 0 aliphatic carbocycles. The van der Waals surface area contributed by atoms with Crippen LogP contribution in [0.15, 0.2) is 54.6 Å². The zero-order valence-corrected chi connectivity index (χ0v) is 13.6. The number of para-hydroxylation sites is 2. The van der Waals surface area contributed by atoms with Gasteiger partial charge in [0.2, 0.25) is 5.91 Å². The molecule has 23 heavy (non-hydrogen) atoms. The SMILES string of the molecule is O=C(C=Cc1ccc(Cl)cc1)Nc1ccccc1N1CCCC1. The van der Waals surface area contributed by atoms with Crippen LogP contribution in [0.3, 0.4) is 0 Å². The van der Waals surface area contributed by atoms with Crippen LogP contribution in [-0.4, -0.2) is 19.0 Å². The van der Waals surface area contributed by atoms with Crippen LogP contribution in [-0.2, 0) is 4.79 Å². The minimum absolute atomic E-state index is 0.133. The topological polar surface area (TPSA) is 32.3 Å². The third-order valence-corrected chi connectivity index (χ3v) is 4.16. The second kappa shape index (κ2) is 7.34. The number of hydrogen-bond donors (Lipinski definition) is 1. The van der Waals surface area contributed by atoms with Crippen LogP contribution in [0.4, 0.5) is 11.4 Å². The Morgan fingerprint density at radius 2 is 1.74 bits per heavy atom. The highest BCUT2D eigenvalue weighted by Crippen LogP contribution is 2.28. The number of nitrogens with one attached hydrogen (secondary N) is 1. The van der Waals surface area contributed by atoms with Crippen molar-refractivity contribution in [1.29, 1.82) is 0 Å². The van der Waals surface area contributed by atoms with Crippen molar-refractivity contribution in [2.45, 2.75) is 12.8 Å². The van der Waals surface area contributed by atoms with Gasteiger partial charge in [-0.15, -0.1) is 0 Å². The van der Waals surface area contributed by atoms with E-state index in [1.54, 1.807) is 12.2 Å². The molecule has 118 valence electrons. The minimum atomic E-state index is -0.133. The fourth-order valence-electron chi connectivity index (χ4n) is 2.73. The Morgan fingerprint density at radius 1 is 1.04 bits per heavy atom. The first-order valence-corrected chi connectivity index (χ1v) is 8.19. The lowest BCUT2D eigenvalue weighted by Gasteiger charge is -2.21. The molecule has 1 amide bonds. The van der Waals surface area contributed by atoms with Crippen molar-refractivity contribution < 1.29 is 4.79 Å². The summed E-state index contributed by atoms with van der Waals surface area (Å²) in [7, 11) is 0. The van der Waals surface area contributed by atoms with Gasteiger partial charge in [-0.1, -0.05) is 35.9 Å². The van der Waals surface area contributed by atoms with E-state index in [1.165, 1.54) is 12.8 Å². The van der Waals surface area contributed by atoms with E-state index in [0.29, 0.717) is 5.02 Å². The number of amides is 1. The Balaban J connectivity index is 1.69. The molecule has 1 saturated heterocycles. The molecule has 0 unspecified atom stereocenters. The second-order valence-corrected chi connectivity index (χ2v) is 6.02. The lowest BCUT2D eigenvalue weighted by molar-refractivity contribution is -0.111. The highest BCUT2D eigenvalue weighted by Gasteiger charge is 2.15. The standard InChI is InChI=1S/C19H19ClN2O/c20-16-10-7-15(8-11-16)9-12-19(23)21-17-5-1-2-6-18(17)22-13-3-4-14-22/h1-2,5-12H,3-4,13-14H2,(H,21,23). The van der Waals surface area contributed by atoms with Crippen LogP contribution in [0.2, 0.25) is 5.02 Å².